The molecule has 7 N–H and O–H groups in total. The SMILES string of the molecule is C[C@@H](NC(=O)[C@@H]1C[C@](F)(COCCN)CN1C(=O)CNC(=O)c1ccc2c(c1)-c1ccccc1C2(F)F)c1cc(C(=N)N)cs1. The minimum absolute atomic E-state index is 0.0643. The molecule has 5 rings (SSSR count). The van der Waals surface area contributed by atoms with E-state index in [2.05, 4.69) is 10.6 Å². The Bertz CT molecular complexity index is 1650. The number of halogens is 3. The number of alkyl halides is 3. The molecule has 1 aromatic heterocycles. The van der Waals surface area contributed by atoms with Gasteiger partial charge in [-0.25, -0.2) is 4.39 Å². The largest absolute Gasteiger partial charge is 0.384 e. The molecule has 1 aliphatic heterocycles. The van der Waals surface area contributed by atoms with E-state index in [9.17, 15) is 23.2 Å². The van der Waals surface area contributed by atoms with E-state index in [0.717, 1.165) is 4.90 Å². The van der Waals surface area contributed by atoms with Gasteiger partial charge in [0.05, 0.1) is 32.3 Å². The number of carbonyl (C=O) groups excluding carboxylic acids is 3. The maximum atomic E-state index is 15.9. The third kappa shape index (κ3) is 6.44. The summed E-state index contributed by atoms with van der Waals surface area (Å²) < 4.78 is 51.0. The van der Waals surface area contributed by atoms with Crippen LogP contribution in [0, 0.1) is 5.41 Å². The van der Waals surface area contributed by atoms with Gasteiger partial charge in [-0.2, -0.15) is 8.78 Å². The lowest BCUT2D eigenvalue weighted by atomic mass is 10.0. The second-order valence-electron chi connectivity index (χ2n) is 11.2. The van der Waals surface area contributed by atoms with Crippen LogP contribution >= 0.6 is 11.3 Å². The zero-order chi connectivity index (χ0) is 32.5. The predicted molar refractivity (Wildman–Crippen MR) is 163 cm³/mol. The highest BCUT2D eigenvalue weighted by molar-refractivity contribution is 7.10. The summed E-state index contributed by atoms with van der Waals surface area (Å²) >= 11 is 1.29. The molecule has 14 heteroatoms. The highest BCUT2D eigenvalue weighted by Gasteiger charge is 2.50. The molecule has 1 fully saturated rings. The molecule has 10 nitrogen and oxygen atoms in total. The van der Waals surface area contributed by atoms with Crippen molar-refractivity contribution in [2.45, 2.75) is 37.0 Å². The van der Waals surface area contributed by atoms with Crippen LogP contribution in [-0.4, -0.2) is 73.0 Å². The van der Waals surface area contributed by atoms with E-state index in [-0.39, 0.29) is 54.3 Å². The number of ether oxygens (including phenoxy) is 1. The van der Waals surface area contributed by atoms with Gasteiger partial charge in [0.1, 0.15) is 11.9 Å². The van der Waals surface area contributed by atoms with Crippen molar-refractivity contribution in [2.24, 2.45) is 11.5 Å². The Kier molecular flexibility index (Phi) is 9.01. The van der Waals surface area contributed by atoms with E-state index in [1.54, 1.807) is 30.5 Å². The molecule has 0 spiro atoms. The highest BCUT2D eigenvalue weighted by Crippen LogP contribution is 2.50. The molecule has 0 bridgehead atoms. The minimum Gasteiger partial charge on any atom is -0.384 e. The number of amidine groups is 1. The fourth-order valence-electron chi connectivity index (χ4n) is 5.66. The minimum atomic E-state index is -3.20. The quantitative estimate of drug-likeness (QED) is 0.123. The number of nitrogens with two attached hydrogens (primary N) is 2. The Morgan fingerprint density at radius 2 is 1.84 bits per heavy atom. The van der Waals surface area contributed by atoms with Crippen molar-refractivity contribution in [3.05, 3.63) is 81.0 Å². The maximum Gasteiger partial charge on any atom is 0.299 e. The summed E-state index contributed by atoms with van der Waals surface area (Å²) in [6, 6.07) is 9.81. The number of likely N-dealkylation sites (tertiary alicyclic amines) is 1. The predicted octanol–water partition coefficient (Wildman–Crippen LogP) is 3.04. The average molecular weight is 643 g/mol. The van der Waals surface area contributed by atoms with Crippen LogP contribution in [0.5, 0.6) is 0 Å². The first-order valence-electron chi connectivity index (χ1n) is 14.2. The number of fused-ring (bicyclic) bond motifs is 3. The zero-order valence-electron chi connectivity index (χ0n) is 24.4. The number of carbonyl (C=O) groups is 3. The average Bonchev–Trinajstić information content (AvgIpc) is 3.70. The van der Waals surface area contributed by atoms with E-state index >= 15 is 4.39 Å². The molecular weight excluding hydrogens is 609 g/mol. The molecule has 1 aliphatic carbocycles. The number of hydrogen-bond acceptors (Lipinski definition) is 7. The first kappa shape index (κ1) is 32.1. The summed E-state index contributed by atoms with van der Waals surface area (Å²) in [6.45, 7) is 0.588. The number of thiophene rings is 1. The first-order chi connectivity index (χ1) is 21.3. The summed E-state index contributed by atoms with van der Waals surface area (Å²) in [5, 5.41) is 14.5. The van der Waals surface area contributed by atoms with Gasteiger partial charge in [-0.15, -0.1) is 11.3 Å². The number of nitrogens with one attached hydrogen (secondary N) is 3. The Balaban J connectivity index is 1.29. The topological polar surface area (TPSA) is 164 Å². The van der Waals surface area contributed by atoms with E-state index in [1.165, 1.54) is 41.7 Å². The smallest absolute Gasteiger partial charge is 0.299 e. The van der Waals surface area contributed by atoms with Gasteiger partial charge in [-0.3, -0.25) is 19.8 Å². The zero-order valence-corrected chi connectivity index (χ0v) is 25.2. The first-order valence-corrected chi connectivity index (χ1v) is 15.1. The number of benzene rings is 2. The molecule has 2 aromatic carbocycles. The molecule has 0 unspecified atom stereocenters. The monoisotopic (exact) mass is 642 g/mol. The lowest BCUT2D eigenvalue weighted by molar-refractivity contribution is -0.138. The van der Waals surface area contributed by atoms with Crippen LogP contribution < -0.4 is 22.1 Å². The van der Waals surface area contributed by atoms with Crippen molar-refractivity contribution < 1.29 is 32.3 Å². The Morgan fingerprint density at radius 3 is 2.56 bits per heavy atom. The summed E-state index contributed by atoms with van der Waals surface area (Å²) in [5.74, 6) is -5.32. The molecule has 1 saturated heterocycles. The van der Waals surface area contributed by atoms with E-state index < -0.39 is 54.5 Å². The molecular formula is C31H33F3N6O4S. The molecule has 3 atom stereocenters. The molecule has 0 radical (unpaired) electrons. The molecule has 2 aliphatic rings. The van der Waals surface area contributed by atoms with Gasteiger partial charge in [0.15, 0.2) is 5.67 Å². The van der Waals surface area contributed by atoms with Crippen LogP contribution in [0.15, 0.2) is 53.9 Å². The Labute approximate surface area is 261 Å². The molecule has 3 amide bonds. The lowest BCUT2D eigenvalue weighted by Gasteiger charge is -2.25. The number of amides is 3. The fraction of sp³-hybridized carbons (Fsp3) is 0.355. The van der Waals surface area contributed by atoms with E-state index in [1.807, 2.05) is 0 Å². The second kappa shape index (κ2) is 12.6. The Hall–Kier alpha value is -4.27. The van der Waals surface area contributed by atoms with Crippen molar-refractivity contribution in [3.8, 4) is 11.1 Å². The van der Waals surface area contributed by atoms with Gasteiger partial charge in [0.2, 0.25) is 11.8 Å². The summed E-state index contributed by atoms with van der Waals surface area (Å²) in [5.41, 5.74) is 9.69. The van der Waals surface area contributed by atoms with Crippen LogP contribution in [0.2, 0.25) is 0 Å². The molecule has 238 valence electrons. The van der Waals surface area contributed by atoms with Gasteiger partial charge >= 0.3 is 0 Å². The third-order valence-corrected chi connectivity index (χ3v) is 9.04. The van der Waals surface area contributed by atoms with E-state index in [0.29, 0.717) is 16.0 Å². The van der Waals surface area contributed by atoms with Crippen molar-refractivity contribution >= 4 is 34.9 Å². The molecule has 0 saturated carbocycles. The van der Waals surface area contributed by atoms with Gasteiger partial charge < -0.3 is 31.7 Å². The van der Waals surface area contributed by atoms with Crippen LogP contribution in [-0.2, 0) is 20.2 Å². The highest BCUT2D eigenvalue weighted by atomic mass is 32.1. The van der Waals surface area contributed by atoms with Crippen molar-refractivity contribution in [1.29, 1.82) is 5.41 Å². The van der Waals surface area contributed by atoms with Crippen molar-refractivity contribution in [1.82, 2.24) is 15.5 Å². The number of nitrogens with zero attached hydrogens (tertiary/aromatic N) is 1. The summed E-state index contributed by atoms with van der Waals surface area (Å²) in [7, 11) is 0. The van der Waals surface area contributed by atoms with Crippen molar-refractivity contribution in [2.75, 3.05) is 32.8 Å². The maximum absolute atomic E-state index is 15.9. The van der Waals surface area contributed by atoms with Crippen molar-refractivity contribution in [3.63, 3.8) is 0 Å². The van der Waals surface area contributed by atoms with Crippen LogP contribution in [0.25, 0.3) is 11.1 Å². The van der Waals surface area contributed by atoms with Gasteiger partial charge in [-0.05, 0) is 36.2 Å². The van der Waals surface area contributed by atoms with Crippen LogP contribution in [0.4, 0.5) is 13.2 Å². The third-order valence-electron chi connectivity index (χ3n) is 7.93. The standard InChI is InChI=1S/C31H33F3N6O4S/c1-17(25-11-19(14-45-25)27(36)37)39-29(43)24-12-30(32,16-44-9-8-35)15-40(24)26(41)13-38-28(42)18-6-7-23-21(10-18)20-4-2-3-5-22(20)31(23,33)34/h2-7,10-11,14,17,24H,8-9,12-13,15-16,35H2,1H3,(H3,36,37)(H,38,42)(H,39,43)/t17-,24+,30-/m1/s1. The molecule has 45 heavy (non-hydrogen) atoms. The fourth-order valence-corrected chi connectivity index (χ4v) is 6.57. The summed E-state index contributed by atoms with van der Waals surface area (Å²) in [4.78, 5) is 41.5. The van der Waals surface area contributed by atoms with Gasteiger partial charge in [-0.1, -0.05) is 30.3 Å². The Morgan fingerprint density at radius 1 is 1.11 bits per heavy atom. The molecule has 3 aromatic rings. The number of nitrogen functional groups attached to an aromatic ring is 1. The number of rotatable bonds is 11. The molecule has 2 heterocycles. The lowest BCUT2D eigenvalue weighted by Crippen LogP contribution is -2.49. The second-order valence-corrected chi connectivity index (χ2v) is 12.1. The summed E-state index contributed by atoms with van der Waals surface area (Å²) in [6.07, 6.45) is -0.336. The van der Waals surface area contributed by atoms with Crippen LogP contribution in [0.1, 0.15) is 51.3 Å². The van der Waals surface area contributed by atoms with Gasteiger partial charge in [0.25, 0.3) is 11.8 Å². The van der Waals surface area contributed by atoms with E-state index in [4.69, 9.17) is 21.6 Å². The number of hydrogen-bond donors (Lipinski definition) is 5. The van der Waals surface area contributed by atoms with Crippen LogP contribution in [0.3, 0.4) is 0 Å². The van der Waals surface area contributed by atoms with Gasteiger partial charge in [0, 0.05) is 45.5 Å². The normalized spacial score (nSPS) is 20.3.